The van der Waals surface area contributed by atoms with E-state index in [1.807, 2.05) is 18.2 Å². The second kappa shape index (κ2) is 5.83. The number of thiophene rings is 1. The molecule has 2 rings (SSSR count). The molecule has 0 spiro atoms. The Bertz CT molecular complexity index is 517. The Kier molecular flexibility index (Phi) is 4.15. The molecule has 18 heavy (non-hydrogen) atoms. The largest absolute Gasteiger partial charge is 0.478 e. The molecule has 0 saturated carbocycles. The van der Waals surface area contributed by atoms with Crippen LogP contribution >= 0.6 is 11.3 Å². The Morgan fingerprint density at radius 1 is 1.28 bits per heavy atom. The summed E-state index contributed by atoms with van der Waals surface area (Å²) in [5, 5.41) is 11.3. The minimum Gasteiger partial charge on any atom is -0.478 e. The molecule has 1 aromatic heterocycles. The lowest BCUT2D eigenvalue weighted by Gasteiger charge is -2.14. The predicted molar refractivity (Wildman–Crippen MR) is 74.5 cm³/mol. The van der Waals surface area contributed by atoms with Crippen molar-refractivity contribution in [2.24, 2.45) is 0 Å². The monoisotopic (exact) mass is 260 g/mol. The van der Waals surface area contributed by atoms with E-state index in [1.54, 1.807) is 23.5 Å². The van der Waals surface area contributed by atoms with Crippen molar-refractivity contribution < 1.29 is 9.90 Å². The second-order valence-corrected chi connectivity index (χ2v) is 5.27. The van der Waals surface area contributed by atoms with Crippen LogP contribution in [0.25, 0.3) is 0 Å². The molecule has 1 heterocycles. The molecule has 0 aliphatic heterocycles. The van der Waals surface area contributed by atoms with Gasteiger partial charge in [0, 0.05) is 4.88 Å². The number of carboxylic acid groups (broad SMARTS) is 1. The van der Waals surface area contributed by atoms with Crippen molar-refractivity contribution in [2.45, 2.75) is 25.7 Å². The van der Waals surface area contributed by atoms with Gasteiger partial charge in [0.1, 0.15) is 0 Å². The van der Waals surface area contributed by atoms with Crippen LogP contribution in [0.5, 0.6) is 0 Å². The highest BCUT2D eigenvalue weighted by molar-refractivity contribution is 7.10. The summed E-state index contributed by atoms with van der Waals surface area (Å²) in [6, 6.07) is 11.5. The second-order valence-electron chi connectivity index (χ2n) is 4.29. The highest BCUT2D eigenvalue weighted by atomic mass is 32.1. The van der Waals surface area contributed by atoms with Gasteiger partial charge in [0.15, 0.2) is 0 Å². The fourth-order valence-corrected chi connectivity index (χ4v) is 3.06. The van der Waals surface area contributed by atoms with Crippen LogP contribution in [-0.4, -0.2) is 11.1 Å². The number of aromatic carboxylic acids is 1. The summed E-state index contributed by atoms with van der Waals surface area (Å²) >= 11 is 1.74. The van der Waals surface area contributed by atoms with E-state index in [0.29, 0.717) is 11.5 Å². The van der Waals surface area contributed by atoms with E-state index < -0.39 is 5.97 Å². The van der Waals surface area contributed by atoms with Crippen LogP contribution in [0.15, 0.2) is 41.8 Å². The molecule has 0 amide bonds. The standard InChI is InChI=1S/C15H16O2S/c1-2-11(14-8-5-9-18-14)10-12-6-3-4-7-13(12)15(16)17/h3-9,11H,2,10H2,1H3,(H,16,17). The lowest BCUT2D eigenvalue weighted by Crippen LogP contribution is -2.06. The molecular formula is C15H16O2S. The van der Waals surface area contributed by atoms with Crippen molar-refractivity contribution >= 4 is 17.3 Å². The molecular weight excluding hydrogens is 244 g/mol. The number of benzene rings is 1. The quantitative estimate of drug-likeness (QED) is 0.875. The summed E-state index contributed by atoms with van der Waals surface area (Å²) in [7, 11) is 0. The topological polar surface area (TPSA) is 37.3 Å². The highest BCUT2D eigenvalue weighted by Gasteiger charge is 2.15. The van der Waals surface area contributed by atoms with Crippen molar-refractivity contribution in [3.05, 3.63) is 57.8 Å². The van der Waals surface area contributed by atoms with Gasteiger partial charge in [-0.05, 0) is 41.8 Å². The van der Waals surface area contributed by atoms with Crippen molar-refractivity contribution in [3.8, 4) is 0 Å². The molecule has 0 bridgehead atoms. The van der Waals surface area contributed by atoms with Gasteiger partial charge >= 0.3 is 5.97 Å². The normalized spacial score (nSPS) is 12.3. The van der Waals surface area contributed by atoms with Crippen molar-refractivity contribution in [1.29, 1.82) is 0 Å². The third kappa shape index (κ3) is 2.79. The van der Waals surface area contributed by atoms with Crippen LogP contribution in [0.4, 0.5) is 0 Å². The molecule has 0 aliphatic rings. The molecule has 0 saturated heterocycles. The number of rotatable bonds is 5. The Balaban J connectivity index is 2.25. The minimum absolute atomic E-state index is 0.408. The van der Waals surface area contributed by atoms with E-state index in [0.717, 1.165) is 18.4 Å². The van der Waals surface area contributed by atoms with Gasteiger partial charge < -0.3 is 5.11 Å². The molecule has 1 unspecified atom stereocenters. The van der Waals surface area contributed by atoms with E-state index in [4.69, 9.17) is 0 Å². The summed E-state index contributed by atoms with van der Waals surface area (Å²) in [4.78, 5) is 12.5. The Labute approximate surface area is 111 Å². The number of carbonyl (C=O) groups is 1. The summed E-state index contributed by atoms with van der Waals surface area (Å²) < 4.78 is 0. The first-order chi connectivity index (χ1) is 8.72. The average molecular weight is 260 g/mol. The lowest BCUT2D eigenvalue weighted by atomic mass is 9.92. The molecule has 1 atom stereocenters. The van der Waals surface area contributed by atoms with Crippen LogP contribution in [0.1, 0.15) is 40.1 Å². The van der Waals surface area contributed by atoms with Gasteiger partial charge in [-0.1, -0.05) is 31.2 Å². The van der Waals surface area contributed by atoms with Crippen LogP contribution in [0.2, 0.25) is 0 Å². The smallest absolute Gasteiger partial charge is 0.335 e. The fourth-order valence-electron chi connectivity index (χ4n) is 2.14. The van der Waals surface area contributed by atoms with Crippen molar-refractivity contribution in [2.75, 3.05) is 0 Å². The maximum Gasteiger partial charge on any atom is 0.335 e. The van der Waals surface area contributed by atoms with Crippen LogP contribution in [0.3, 0.4) is 0 Å². The van der Waals surface area contributed by atoms with Gasteiger partial charge in [0.2, 0.25) is 0 Å². The number of hydrogen-bond acceptors (Lipinski definition) is 2. The van der Waals surface area contributed by atoms with Crippen LogP contribution in [0, 0.1) is 0 Å². The Morgan fingerprint density at radius 3 is 2.67 bits per heavy atom. The molecule has 94 valence electrons. The van der Waals surface area contributed by atoms with E-state index in [-0.39, 0.29) is 0 Å². The third-order valence-corrected chi connectivity index (χ3v) is 4.19. The summed E-state index contributed by atoms with van der Waals surface area (Å²) in [6.07, 6.45) is 1.81. The zero-order valence-electron chi connectivity index (χ0n) is 10.3. The molecule has 1 N–H and O–H groups in total. The molecule has 0 radical (unpaired) electrons. The zero-order chi connectivity index (χ0) is 13.0. The van der Waals surface area contributed by atoms with Crippen molar-refractivity contribution in [3.63, 3.8) is 0 Å². The van der Waals surface area contributed by atoms with Crippen molar-refractivity contribution in [1.82, 2.24) is 0 Å². The maximum atomic E-state index is 11.2. The first-order valence-corrected chi connectivity index (χ1v) is 6.95. The molecule has 0 aliphatic carbocycles. The molecule has 2 nitrogen and oxygen atoms in total. The van der Waals surface area contributed by atoms with Gasteiger partial charge in [-0.3, -0.25) is 0 Å². The third-order valence-electron chi connectivity index (χ3n) is 3.15. The Hall–Kier alpha value is -1.61. The molecule has 1 aromatic carbocycles. The van der Waals surface area contributed by atoms with Gasteiger partial charge in [-0.25, -0.2) is 4.79 Å². The predicted octanol–water partition coefficient (Wildman–Crippen LogP) is 4.18. The van der Waals surface area contributed by atoms with Gasteiger partial charge in [0.25, 0.3) is 0 Å². The van der Waals surface area contributed by atoms with Gasteiger partial charge in [-0.15, -0.1) is 11.3 Å². The maximum absolute atomic E-state index is 11.2. The lowest BCUT2D eigenvalue weighted by molar-refractivity contribution is 0.0695. The van der Waals surface area contributed by atoms with Crippen LogP contribution < -0.4 is 0 Å². The Morgan fingerprint density at radius 2 is 2.06 bits per heavy atom. The number of carboxylic acids is 1. The molecule has 3 heteroatoms. The summed E-state index contributed by atoms with van der Waals surface area (Å²) in [5.41, 5.74) is 1.35. The first-order valence-electron chi connectivity index (χ1n) is 6.07. The minimum atomic E-state index is -0.841. The first kappa shape index (κ1) is 12.8. The zero-order valence-corrected chi connectivity index (χ0v) is 11.1. The SMILES string of the molecule is CCC(Cc1ccccc1C(=O)O)c1cccs1. The fraction of sp³-hybridized carbons (Fsp3) is 0.267. The summed E-state index contributed by atoms with van der Waals surface area (Å²) in [5.74, 6) is -0.433. The van der Waals surface area contributed by atoms with E-state index in [1.165, 1.54) is 4.88 Å². The average Bonchev–Trinajstić information content (AvgIpc) is 2.90. The number of hydrogen-bond donors (Lipinski definition) is 1. The molecule has 2 aromatic rings. The van der Waals surface area contributed by atoms with Gasteiger partial charge in [0.05, 0.1) is 5.56 Å². The van der Waals surface area contributed by atoms with E-state index in [2.05, 4.69) is 18.4 Å². The van der Waals surface area contributed by atoms with E-state index >= 15 is 0 Å². The van der Waals surface area contributed by atoms with Crippen LogP contribution in [-0.2, 0) is 6.42 Å². The van der Waals surface area contributed by atoms with E-state index in [9.17, 15) is 9.90 Å². The molecule has 0 fully saturated rings. The highest BCUT2D eigenvalue weighted by Crippen LogP contribution is 2.28. The van der Waals surface area contributed by atoms with Gasteiger partial charge in [-0.2, -0.15) is 0 Å². The summed E-state index contributed by atoms with van der Waals surface area (Å²) in [6.45, 7) is 2.15.